The molecule has 2 atom stereocenters. The number of benzene rings is 1. The van der Waals surface area contributed by atoms with Gasteiger partial charge in [-0.05, 0) is 6.07 Å². The van der Waals surface area contributed by atoms with Crippen molar-refractivity contribution in [3.8, 4) is 5.75 Å². The molecule has 0 aromatic heterocycles. The lowest BCUT2D eigenvalue weighted by Crippen LogP contribution is -2.53. The zero-order chi connectivity index (χ0) is 12.4. The van der Waals surface area contributed by atoms with E-state index in [2.05, 4.69) is 10.4 Å². The van der Waals surface area contributed by atoms with Gasteiger partial charge in [0.25, 0.3) is 0 Å². The molecule has 1 saturated heterocycles. The first-order valence-corrected chi connectivity index (χ1v) is 6.41. The van der Waals surface area contributed by atoms with Crippen LogP contribution < -0.4 is 16.1 Å². The highest BCUT2D eigenvalue weighted by molar-refractivity contribution is 5.37. The molecule has 5 heteroatoms. The van der Waals surface area contributed by atoms with Crippen LogP contribution in [0.4, 0.5) is 0 Å². The van der Waals surface area contributed by atoms with Crippen molar-refractivity contribution in [3.05, 3.63) is 29.8 Å². The Bertz CT molecular complexity index is 407. The predicted molar refractivity (Wildman–Crippen MR) is 68.2 cm³/mol. The topological polar surface area (TPSA) is 59.8 Å². The normalized spacial score (nSPS) is 28.5. The zero-order valence-electron chi connectivity index (χ0n) is 10.3. The van der Waals surface area contributed by atoms with Crippen LogP contribution in [0.1, 0.15) is 11.6 Å². The fourth-order valence-corrected chi connectivity index (χ4v) is 2.49. The number of hydroxylamine groups is 1. The number of hydrogen-bond donors (Lipinski definition) is 2. The number of nitrogens with zero attached hydrogens (tertiary/aromatic N) is 1. The molecule has 0 bridgehead atoms. The first kappa shape index (κ1) is 11.9. The smallest absolute Gasteiger partial charge is 0.151 e. The Hall–Kier alpha value is -1.14. The van der Waals surface area contributed by atoms with E-state index in [9.17, 15) is 0 Å². The van der Waals surface area contributed by atoms with Crippen molar-refractivity contribution < 1.29 is 9.57 Å². The minimum absolute atomic E-state index is 0.0298. The van der Waals surface area contributed by atoms with E-state index in [0.29, 0.717) is 0 Å². The van der Waals surface area contributed by atoms with Crippen molar-refractivity contribution in [3.63, 3.8) is 0 Å². The molecule has 0 aliphatic carbocycles. The summed E-state index contributed by atoms with van der Waals surface area (Å²) in [5.41, 5.74) is 10.5. The maximum Gasteiger partial charge on any atom is 0.151 e. The molecule has 0 radical (unpaired) electrons. The van der Waals surface area contributed by atoms with E-state index in [-0.39, 0.29) is 12.1 Å². The molecule has 98 valence electrons. The third-order valence-corrected chi connectivity index (χ3v) is 3.59. The molecule has 3 rings (SSSR count). The highest BCUT2D eigenvalue weighted by Crippen LogP contribution is 2.29. The summed E-state index contributed by atoms with van der Waals surface area (Å²) in [4.78, 5) is 7.92. The number of rotatable bonds is 2. The summed E-state index contributed by atoms with van der Waals surface area (Å²) in [6, 6.07) is 8.02. The number of hydrogen-bond acceptors (Lipinski definition) is 5. The van der Waals surface area contributed by atoms with Crippen LogP contribution in [0, 0.1) is 0 Å². The standard InChI is InChI=1S/C13H19N3O2/c14-13-10-3-1-2-4-12(10)18-15-11(13)9-16-5-7-17-8-6-16/h1-4,11,13,15H,5-9,14H2. The monoisotopic (exact) mass is 249 g/mol. The first-order chi connectivity index (χ1) is 8.84. The molecule has 0 saturated carbocycles. The first-order valence-electron chi connectivity index (χ1n) is 6.41. The summed E-state index contributed by atoms with van der Waals surface area (Å²) in [6.07, 6.45) is 0. The predicted octanol–water partition coefficient (Wildman–Crippen LogP) is 0.284. The van der Waals surface area contributed by atoms with Gasteiger partial charge in [0, 0.05) is 25.2 Å². The van der Waals surface area contributed by atoms with E-state index in [1.165, 1.54) is 0 Å². The van der Waals surface area contributed by atoms with Crippen molar-refractivity contribution in [1.82, 2.24) is 10.4 Å². The van der Waals surface area contributed by atoms with Gasteiger partial charge < -0.3 is 15.3 Å². The maximum atomic E-state index is 6.31. The molecule has 2 heterocycles. The van der Waals surface area contributed by atoms with E-state index in [4.69, 9.17) is 15.3 Å². The second-order valence-corrected chi connectivity index (χ2v) is 4.80. The van der Waals surface area contributed by atoms with Crippen molar-refractivity contribution in [2.75, 3.05) is 32.8 Å². The Morgan fingerprint density at radius 3 is 2.89 bits per heavy atom. The van der Waals surface area contributed by atoms with Crippen LogP contribution in [0.5, 0.6) is 5.75 Å². The van der Waals surface area contributed by atoms with Crippen molar-refractivity contribution >= 4 is 0 Å². The molecule has 2 aliphatic rings. The highest BCUT2D eigenvalue weighted by Gasteiger charge is 2.29. The summed E-state index contributed by atoms with van der Waals surface area (Å²) < 4.78 is 5.35. The van der Waals surface area contributed by atoms with Crippen LogP contribution in [-0.2, 0) is 4.74 Å². The third-order valence-electron chi connectivity index (χ3n) is 3.59. The van der Waals surface area contributed by atoms with E-state index in [0.717, 1.165) is 44.2 Å². The Morgan fingerprint density at radius 1 is 1.28 bits per heavy atom. The summed E-state index contributed by atoms with van der Waals surface area (Å²) in [6.45, 7) is 4.43. The Labute approximate surface area is 107 Å². The number of fused-ring (bicyclic) bond motifs is 1. The van der Waals surface area contributed by atoms with Gasteiger partial charge in [0.05, 0.1) is 25.3 Å². The van der Waals surface area contributed by atoms with E-state index >= 15 is 0 Å². The van der Waals surface area contributed by atoms with Gasteiger partial charge in [-0.25, -0.2) is 0 Å². The quantitative estimate of drug-likeness (QED) is 0.788. The molecular formula is C13H19N3O2. The second-order valence-electron chi connectivity index (χ2n) is 4.80. The third kappa shape index (κ3) is 2.35. The van der Waals surface area contributed by atoms with Gasteiger partial charge in [0.15, 0.2) is 5.75 Å². The SMILES string of the molecule is NC1c2ccccc2ONC1CN1CCOCC1. The van der Waals surface area contributed by atoms with Crippen LogP contribution in [0.2, 0.25) is 0 Å². The van der Waals surface area contributed by atoms with Gasteiger partial charge >= 0.3 is 0 Å². The number of nitrogens with two attached hydrogens (primary N) is 1. The highest BCUT2D eigenvalue weighted by atomic mass is 16.6. The minimum Gasteiger partial charge on any atom is -0.408 e. The van der Waals surface area contributed by atoms with Crippen molar-refractivity contribution in [2.45, 2.75) is 12.1 Å². The fourth-order valence-electron chi connectivity index (χ4n) is 2.49. The van der Waals surface area contributed by atoms with Gasteiger partial charge in [0.1, 0.15) is 0 Å². The summed E-state index contributed by atoms with van der Waals surface area (Å²) in [7, 11) is 0. The molecule has 1 aromatic carbocycles. The Balaban J connectivity index is 1.68. The molecular weight excluding hydrogens is 230 g/mol. The van der Waals surface area contributed by atoms with Crippen molar-refractivity contribution in [2.24, 2.45) is 5.73 Å². The van der Waals surface area contributed by atoms with Gasteiger partial charge in [-0.1, -0.05) is 18.2 Å². The van der Waals surface area contributed by atoms with E-state index in [1.807, 2.05) is 24.3 Å². The Morgan fingerprint density at radius 2 is 2.06 bits per heavy atom. The fraction of sp³-hybridized carbons (Fsp3) is 0.538. The summed E-state index contributed by atoms with van der Waals surface area (Å²) >= 11 is 0. The van der Waals surface area contributed by atoms with Gasteiger partial charge in [0.2, 0.25) is 0 Å². The number of morpholine rings is 1. The minimum atomic E-state index is -0.0298. The molecule has 1 aromatic rings. The number of para-hydroxylation sites is 1. The molecule has 2 unspecified atom stereocenters. The lowest BCUT2D eigenvalue weighted by molar-refractivity contribution is 0.0177. The van der Waals surface area contributed by atoms with Gasteiger partial charge in [-0.3, -0.25) is 4.90 Å². The molecule has 0 amide bonds. The van der Waals surface area contributed by atoms with Crippen LogP contribution in [-0.4, -0.2) is 43.8 Å². The lowest BCUT2D eigenvalue weighted by atomic mass is 9.98. The van der Waals surface area contributed by atoms with Crippen LogP contribution >= 0.6 is 0 Å². The number of nitrogens with one attached hydrogen (secondary N) is 1. The van der Waals surface area contributed by atoms with Gasteiger partial charge in [-0.15, -0.1) is 0 Å². The van der Waals surface area contributed by atoms with Crippen molar-refractivity contribution in [1.29, 1.82) is 0 Å². The van der Waals surface area contributed by atoms with Crippen LogP contribution in [0.25, 0.3) is 0 Å². The second kappa shape index (κ2) is 5.24. The average molecular weight is 249 g/mol. The summed E-state index contributed by atoms with van der Waals surface area (Å²) in [5, 5.41) is 0. The zero-order valence-corrected chi connectivity index (χ0v) is 10.3. The van der Waals surface area contributed by atoms with Gasteiger partial charge in [-0.2, -0.15) is 5.48 Å². The Kier molecular flexibility index (Phi) is 3.47. The lowest BCUT2D eigenvalue weighted by Gasteiger charge is -2.36. The van der Waals surface area contributed by atoms with Crippen LogP contribution in [0.3, 0.4) is 0 Å². The van der Waals surface area contributed by atoms with E-state index in [1.54, 1.807) is 0 Å². The average Bonchev–Trinajstić information content (AvgIpc) is 2.43. The number of ether oxygens (including phenoxy) is 1. The molecule has 2 aliphatic heterocycles. The molecule has 0 spiro atoms. The molecule has 1 fully saturated rings. The molecule has 18 heavy (non-hydrogen) atoms. The molecule has 3 N–H and O–H groups in total. The molecule has 5 nitrogen and oxygen atoms in total. The summed E-state index contributed by atoms with van der Waals surface area (Å²) in [5.74, 6) is 0.836. The largest absolute Gasteiger partial charge is 0.408 e. The van der Waals surface area contributed by atoms with Crippen LogP contribution in [0.15, 0.2) is 24.3 Å². The maximum absolute atomic E-state index is 6.31. The van der Waals surface area contributed by atoms with E-state index < -0.39 is 0 Å².